The standard InChI is InChI=1S/C40H34N2O6/c1-4-40-33(24-13-9-6-10-14-24)29(23-11-7-5-8-12-23)30(31-34(40)38(45)41(36(31)43)25-15-19-27(47-2)20-16-25)32-35(40)39(46)42(37(32)44)26-17-21-28(48-3)22-18-26/h5-22,30-32,34-35H,4H2,1-3H3/t30?,31-,32-,34-,35+,40?/m1/s1. The third kappa shape index (κ3) is 3.89. The molecule has 3 fully saturated rings. The number of imide groups is 2. The number of carbonyl (C=O) groups excluding carboxylic acids is 4. The topological polar surface area (TPSA) is 93.2 Å². The van der Waals surface area contributed by atoms with Crippen LogP contribution in [0.2, 0.25) is 0 Å². The van der Waals surface area contributed by atoms with Crippen molar-refractivity contribution in [1.29, 1.82) is 0 Å². The van der Waals surface area contributed by atoms with E-state index in [9.17, 15) is 19.2 Å². The maximum atomic E-state index is 14.9. The third-order valence-electron chi connectivity index (χ3n) is 11.0. The Morgan fingerprint density at radius 1 is 0.542 bits per heavy atom. The molecule has 3 aliphatic carbocycles. The van der Waals surface area contributed by atoms with Crippen LogP contribution in [0.15, 0.2) is 109 Å². The normalized spacial score (nSPS) is 27.4. The summed E-state index contributed by atoms with van der Waals surface area (Å²) in [5.41, 5.74) is 3.22. The van der Waals surface area contributed by atoms with E-state index in [1.165, 1.54) is 9.80 Å². The van der Waals surface area contributed by atoms with E-state index in [0.29, 0.717) is 29.3 Å². The Morgan fingerprint density at radius 2 is 0.958 bits per heavy atom. The number of amides is 4. The average molecular weight is 639 g/mol. The minimum absolute atomic E-state index is 0.343. The van der Waals surface area contributed by atoms with Crippen LogP contribution in [0.3, 0.4) is 0 Å². The number of nitrogens with zero attached hydrogens (tertiary/aromatic N) is 2. The van der Waals surface area contributed by atoms with Gasteiger partial charge in [-0.25, -0.2) is 0 Å². The first-order valence-electron chi connectivity index (χ1n) is 16.3. The summed E-state index contributed by atoms with van der Waals surface area (Å²) in [5, 5.41) is 0. The minimum atomic E-state index is -1.15. The lowest BCUT2D eigenvalue weighted by atomic mass is 9.40. The SMILES string of the molecule is CCC12C(c3ccccc3)=C(c3ccccc3)C([C@H]3C(=O)N(c4ccc(OC)cc4)C(=O)[C@H]31)[C@H]1C(=O)N(c3ccc(OC)cc3)C(=O)[C@@H]12. The average Bonchev–Trinajstić information content (AvgIpc) is 3.57. The molecular formula is C40H34N2O6. The van der Waals surface area contributed by atoms with Crippen LogP contribution >= 0.6 is 0 Å². The van der Waals surface area contributed by atoms with Crippen molar-refractivity contribution in [2.24, 2.45) is 35.0 Å². The van der Waals surface area contributed by atoms with Crippen molar-refractivity contribution < 1.29 is 28.7 Å². The summed E-state index contributed by atoms with van der Waals surface area (Å²) in [6.45, 7) is 1.98. The summed E-state index contributed by atoms with van der Waals surface area (Å²) >= 11 is 0. The molecule has 1 saturated carbocycles. The van der Waals surface area contributed by atoms with Crippen molar-refractivity contribution in [2.75, 3.05) is 24.0 Å². The van der Waals surface area contributed by atoms with Crippen LogP contribution in [-0.4, -0.2) is 37.8 Å². The molecule has 4 amide bonds. The first kappa shape index (κ1) is 29.9. The van der Waals surface area contributed by atoms with Crippen molar-refractivity contribution in [1.82, 2.24) is 0 Å². The Kier molecular flexibility index (Phi) is 6.87. The molecule has 8 nitrogen and oxygen atoms in total. The van der Waals surface area contributed by atoms with Crippen molar-refractivity contribution in [2.45, 2.75) is 13.3 Å². The van der Waals surface area contributed by atoms with Gasteiger partial charge in [0.1, 0.15) is 11.5 Å². The quantitative estimate of drug-likeness (QED) is 0.222. The van der Waals surface area contributed by atoms with Gasteiger partial charge in [-0.2, -0.15) is 0 Å². The van der Waals surface area contributed by atoms with Crippen LogP contribution in [0.5, 0.6) is 11.5 Å². The van der Waals surface area contributed by atoms with Gasteiger partial charge in [0.15, 0.2) is 0 Å². The number of hydrogen-bond acceptors (Lipinski definition) is 6. The molecule has 9 rings (SSSR count). The number of methoxy groups -OCH3 is 2. The van der Waals surface area contributed by atoms with E-state index in [0.717, 1.165) is 22.3 Å². The smallest absolute Gasteiger partial charge is 0.238 e. The zero-order valence-corrected chi connectivity index (χ0v) is 26.8. The monoisotopic (exact) mass is 638 g/mol. The summed E-state index contributed by atoms with van der Waals surface area (Å²) < 4.78 is 10.7. The van der Waals surface area contributed by atoms with Crippen LogP contribution in [0.4, 0.5) is 11.4 Å². The molecule has 48 heavy (non-hydrogen) atoms. The fourth-order valence-corrected chi connectivity index (χ4v) is 9.27. The van der Waals surface area contributed by atoms with Gasteiger partial charge in [-0.1, -0.05) is 67.6 Å². The molecule has 0 N–H and O–H groups in total. The molecule has 240 valence electrons. The number of benzene rings is 4. The number of anilines is 2. The summed E-state index contributed by atoms with van der Waals surface area (Å²) in [4.78, 5) is 62.0. The van der Waals surface area contributed by atoms with Crippen molar-refractivity contribution in [3.05, 3.63) is 120 Å². The number of carbonyl (C=O) groups is 4. The molecule has 2 saturated heterocycles. The predicted molar refractivity (Wildman–Crippen MR) is 181 cm³/mol. The van der Waals surface area contributed by atoms with Crippen LogP contribution in [-0.2, 0) is 19.2 Å². The highest BCUT2D eigenvalue weighted by molar-refractivity contribution is 6.29. The molecule has 0 radical (unpaired) electrons. The second kappa shape index (κ2) is 11.0. The molecule has 6 atom stereocenters. The molecule has 0 aromatic heterocycles. The van der Waals surface area contributed by atoms with Gasteiger partial charge in [-0.05, 0) is 77.2 Å². The molecular weight excluding hydrogens is 604 g/mol. The number of ether oxygens (including phenoxy) is 2. The Balaban J connectivity index is 1.40. The molecule has 4 aromatic carbocycles. The minimum Gasteiger partial charge on any atom is -0.497 e. The highest BCUT2D eigenvalue weighted by atomic mass is 16.5. The highest BCUT2D eigenvalue weighted by Gasteiger charge is 2.77. The lowest BCUT2D eigenvalue weighted by Crippen LogP contribution is -2.60. The summed E-state index contributed by atoms with van der Waals surface area (Å²) in [6.07, 6.45) is 0.369. The van der Waals surface area contributed by atoms with E-state index in [1.54, 1.807) is 62.8 Å². The van der Waals surface area contributed by atoms with E-state index in [-0.39, 0.29) is 23.6 Å². The van der Waals surface area contributed by atoms with Gasteiger partial charge in [0.05, 0.1) is 49.3 Å². The first-order chi connectivity index (χ1) is 23.4. The zero-order valence-electron chi connectivity index (χ0n) is 26.8. The second-order valence-corrected chi connectivity index (χ2v) is 12.9. The molecule has 2 unspecified atom stereocenters. The molecule has 0 spiro atoms. The fraction of sp³-hybridized carbons (Fsp3) is 0.250. The summed E-state index contributed by atoms with van der Waals surface area (Å²) in [5.74, 6) is -4.27. The largest absolute Gasteiger partial charge is 0.497 e. The van der Waals surface area contributed by atoms with Crippen LogP contribution < -0.4 is 19.3 Å². The molecule has 2 heterocycles. The van der Waals surface area contributed by atoms with E-state index < -0.39 is 35.0 Å². The Hall–Kier alpha value is -5.50. The maximum Gasteiger partial charge on any atom is 0.238 e. The van der Waals surface area contributed by atoms with E-state index in [1.807, 2.05) is 67.6 Å². The lowest BCUT2D eigenvalue weighted by Gasteiger charge is -2.58. The van der Waals surface area contributed by atoms with Crippen LogP contribution in [0, 0.1) is 35.0 Å². The van der Waals surface area contributed by atoms with E-state index in [4.69, 9.17) is 9.47 Å². The molecule has 5 aliphatic rings. The predicted octanol–water partition coefficient (Wildman–Crippen LogP) is 6.27. The van der Waals surface area contributed by atoms with Gasteiger partial charge in [-0.3, -0.25) is 29.0 Å². The van der Waals surface area contributed by atoms with E-state index in [2.05, 4.69) is 0 Å². The Morgan fingerprint density at radius 3 is 1.35 bits per heavy atom. The van der Waals surface area contributed by atoms with Gasteiger partial charge < -0.3 is 9.47 Å². The number of rotatable bonds is 7. The molecule has 8 heteroatoms. The van der Waals surface area contributed by atoms with Gasteiger partial charge in [0.2, 0.25) is 23.6 Å². The Bertz CT molecular complexity index is 1900. The summed E-state index contributed by atoms with van der Waals surface area (Å²) in [7, 11) is 3.12. The van der Waals surface area contributed by atoms with Crippen molar-refractivity contribution in [3.63, 3.8) is 0 Å². The van der Waals surface area contributed by atoms with Crippen LogP contribution in [0.1, 0.15) is 24.5 Å². The fourth-order valence-electron chi connectivity index (χ4n) is 9.27. The van der Waals surface area contributed by atoms with Gasteiger partial charge in [0.25, 0.3) is 0 Å². The van der Waals surface area contributed by atoms with Gasteiger partial charge in [0, 0.05) is 11.3 Å². The van der Waals surface area contributed by atoms with Crippen molar-refractivity contribution >= 4 is 46.1 Å². The van der Waals surface area contributed by atoms with Gasteiger partial charge >= 0.3 is 0 Å². The molecule has 2 aliphatic heterocycles. The van der Waals surface area contributed by atoms with Crippen LogP contribution in [0.25, 0.3) is 11.1 Å². The third-order valence-corrected chi connectivity index (χ3v) is 11.0. The van der Waals surface area contributed by atoms with E-state index >= 15 is 0 Å². The second-order valence-electron chi connectivity index (χ2n) is 12.9. The maximum absolute atomic E-state index is 14.9. The highest BCUT2D eigenvalue weighted by Crippen LogP contribution is 2.73. The molecule has 2 bridgehead atoms. The molecule has 4 aromatic rings. The Labute approximate surface area is 278 Å². The number of hydrogen-bond donors (Lipinski definition) is 0. The lowest BCUT2D eigenvalue weighted by molar-refractivity contribution is -0.145. The number of allylic oxidation sites excluding steroid dienone is 2. The van der Waals surface area contributed by atoms with Gasteiger partial charge in [-0.15, -0.1) is 0 Å². The van der Waals surface area contributed by atoms with Crippen molar-refractivity contribution in [3.8, 4) is 11.5 Å². The first-order valence-corrected chi connectivity index (χ1v) is 16.3. The zero-order chi connectivity index (χ0) is 33.3. The summed E-state index contributed by atoms with van der Waals surface area (Å²) in [6, 6.07) is 33.4.